The Hall–Kier alpha value is -0.850. The maximum absolute atomic E-state index is 12.4. The second-order valence-corrected chi connectivity index (χ2v) is 5.45. The van der Waals surface area contributed by atoms with Crippen LogP contribution in [0.4, 0.5) is 13.2 Å². The molecule has 0 aliphatic rings. The van der Waals surface area contributed by atoms with Crippen molar-refractivity contribution in [3.05, 3.63) is 27.7 Å². The van der Waals surface area contributed by atoms with E-state index in [1.54, 1.807) is 13.8 Å². The van der Waals surface area contributed by atoms with E-state index in [2.05, 4.69) is 21.0 Å². The van der Waals surface area contributed by atoms with Crippen LogP contribution in [0.5, 0.6) is 0 Å². The van der Waals surface area contributed by atoms with Crippen LogP contribution in [-0.4, -0.2) is 10.2 Å². The summed E-state index contributed by atoms with van der Waals surface area (Å²) in [6.45, 7) is 3.27. The van der Waals surface area contributed by atoms with Crippen molar-refractivity contribution in [2.75, 3.05) is 0 Å². The van der Waals surface area contributed by atoms with Crippen LogP contribution in [0.25, 0.3) is 0 Å². The molecule has 7 heteroatoms. The number of nitrogens with zero attached hydrogens (tertiary/aromatic N) is 1. The Morgan fingerprint density at radius 3 is 2.33 bits per heavy atom. The summed E-state index contributed by atoms with van der Waals surface area (Å²) in [4.78, 5) is 10.9. The number of aromatic nitrogens is 2. The molecular weight excluding hydrogens is 277 g/mol. The first-order chi connectivity index (χ1) is 6.62. The number of hydrogen-bond donors (Lipinski definition) is 1. The average molecular weight is 285 g/mol. The lowest BCUT2D eigenvalue weighted by Crippen LogP contribution is -2.25. The highest BCUT2D eigenvalue weighted by Gasteiger charge is 2.35. The molecule has 0 bridgehead atoms. The van der Waals surface area contributed by atoms with Gasteiger partial charge in [0, 0.05) is 0 Å². The molecule has 84 valence electrons. The summed E-state index contributed by atoms with van der Waals surface area (Å²) in [5, 5.41) is 5.37. The third-order valence-corrected chi connectivity index (χ3v) is 2.12. The van der Waals surface area contributed by atoms with E-state index in [9.17, 15) is 18.0 Å². The lowest BCUT2D eigenvalue weighted by molar-refractivity contribution is -0.138. The van der Waals surface area contributed by atoms with E-state index in [0.717, 1.165) is 6.07 Å². The summed E-state index contributed by atoms with van der Waals surface area (Å²) in [7, 11) is 0. The van der Waals surface area contributed by atoms with Crippen molar-refractivity contribution in [2.45, 2.75) is 24.3 Å². The van der Waals surface area contributed by atoms with Crippen molar-refractivity contribution in [3.8, 4) is 0 Å². The van der Waals surface area contributed by atoms with Crippen molar-refractivity contribution >= 4 is 15.9 Å². The lowest BCUT2D eigenvalue weighted by Gasteiger charge is -2.16. The number of halogens is 4. The Morgan fingerprint density at radius 1 is 1.40 bits per heavy atom. The van der Waals surface area contributed by atoms with Gasteiger partial charge in [-0.1, -0.05) is 15.9 Å². The van der Waals surface area contributed by atoms with E-state index in [-0.39, 0.29) is 5.69 Å². The van der Waals surface area contributed by atoms with Gasteiger partial charge in [-0.2, -0.15) is 18.3 Å². The molecule has 15 heavy (non-hydrogen) atoms. The Kier molecular flexibility index (Phi) is 2.95. The molecule has 0 aromatic carbocycles. The Morgan fingerprint density at radius 2 is 1.93 bits per heavy atom. The van der Waals surface area contributed by atoms with Crippen molar-refractivity contribution in [2.24, 2.45) is 0 Å². The van der Waals surface area contributed by atoms with Gasteiger partial charge in [-0.3, -0.25) is 4.79 Å². The van der Waals surface area contributed by atoms with E-state index in [1.807, 2.05) is 5.10 Å². The lowest BCUT2D eigenvalue weighted by atomic mass is 10.1. The van der Waals surface area contributed by atoms with E-state index in [1.165, 1.54) is 0 Å². The third-order valence-electron chi connectivity index (χ3n) is 1.72. The summed E-state index contributed by atoms with van der Waals surface area (Å²) in [5.74, 6) is 0. The molecule has 0 fully saturated rings. The van der Waals surface area contributed by atoms with Gasteiger partial charge in [-0.15, -0.1) is 0 Å². The van der Waals surface area contributed by atoms with Crippen molar-refractivity contribution in [1.82, 2.24) is 10.2 Å². The third kappa shape index (κ3) is 2.80. The zero-order valence-corrected chi connectivity index (χ0v) is 9.53. The Labute approximate surface area is 91.8 Å². The fourth-order valence-electron chi connectivity index (χ4n) is 0.921. The zero-order valence-electron chi connectivity index (χ0n) is 7.94. The number of hydrogen-bond acceptors (Lipinski definition) is 2. The average Bonchev–Trinajstić information content (AvgIpc) is 2.00. The maximum Gasteiger partial charge on any atom is 0.421 e. The van der Waals surface area contributed by atoms with Crippen molar-refractivity contribution in [1.29, 1.82) is 0 Å². The van der Waals surface area contributed by atoms with Crippen LogP contribution in [0, 0.1) is 0 Å². The molecule has 0 saturated heterocycles. The van der Waals surface area contributed by atoms with Gasteiger partial charge in [0.1, 0.15) is 5.56 Å². The van der Waals surface area contributed by atoms with Gasteiger partial charge in [0.2, 0.25) is 0 Å². The first kappa shape index (κ1) is 12.2. The van der Waals surface area contributed by atoms with Gasteiger partial charge in [-0.25, -0.2) is 5.10 Å². The largest absolute Gasteiger partial charge is 0.421 e. The second-order valence-electron chi connectivity index (χ2n) is 3.47. The van der Waals surface area contributed by atoms with Gasteiger partial charge >= 0.3 is 6.18 Å². The summed E-state index contributed by atoms with van der Waals surface area (Å²) >= 11 is 3.16. The van der Waals surface area contributed by atoms with Crippen LogP contribution >= 0.6 is 15.9 Å². The van der Waals surface area contributed by atoms with Gasteiger partial charge in [-0.05, 0) is 19.9 Å². The summed E-state index contributed by atoms with van der Waals surface area (Å²) in [5.41, 5.74) is -2.35. The van der Waals surface area contributed by atoms with Gasteiger partial charge in [0.05, 0.1) is 10.0 Å². The minimum atomic E-state index is -4.66. The summed E-state index contributed by atoms with van der Waals surface area (Å²) in [6.07, 6.45) is -4.66. The van der Waals surface area contributed by atoms with E-state index >= 15 is 0 Å². The Bertz CT molecular complexity index is 419. The normalized spacial score (nSPS) is 12.9. The summed E-state index contributed by atoms with van der Waals surface area (Å²) < 4.78 is 36.3. The second kappa shape index (κ2) is 3.62. The van der Waals surface area contributed by atoms with E-state index < -0.39 is 21.6 Å². The highest BCUT2D eigenvalue weighted by Crippen LogP contribution is 2.31. The van der Waals surface area contributed by atoms with Gasteiger partial charge < -0.3 is 0 Å². The van der Waals surface area contributed by atoms with Crippen LogP contribution in [0.3, 0.4) is 0 Å². The quantitative estimate of drug-likeness (QED) is 0.805. The fourth-order valence-corrected chi connectivity index (χ4v) is 1.12. The monoisotopic (exact) mass is 284 g/mol. The first-order valence-corrected chi connectivity index (χ1v) is 4.78. The maximum atomic E-state index is 12.4. The topological polar surface area (TPSA) is 45.8 Å². The standard InChI is InChI=1S/C8H8BrF3N2O/c1-7(2,9)5-3-4(8(10,11)12)6(15)14-13-5/h3H,1-2H3,(H,14,15). The summed E-state index contributed by atoms with van der Waals surface area (Å²) in [6, 6.07) is 0.744. The van der Waals surface area contributed by atoms with Crippen LogP contribution in [-0.2, 0) is 10.5 Å². The van der Waals surface area contributed by atoms with Crippen LogP contribution < -0.4 is 5.56 Å². The predicted molar refractivity (Wildman–Crippen MR) is 51.8 cm³/mol. The molecule has 0 amide bonds. The number of aromatic amines is 1. The molecule has 0 spiro atoms. The Balaban J connectivity index is 3.37. The molecule has 1 rings (SSSR count). The molecule has 0 unspecified atom stereocenters. The van der Waals surface area contributed by atoms with E-state index in [4.69, 9.17) is 0 Å². The fraction of sp³-hybridized carbons (Fsp3) is 0.500. The van der Waals surface area contributed by atoms with Crippen LogP contribution in [0.15, 0.2) is 10.9 Å². The molecular formula is C8H8BrF3N2O. The van der Waals surface area contributed by atoms with Crippen LogP contribution in [0.1, 0.15) is 25.1 Å². The highest BCUT2D eigenvalue weighted by atomic mass is 79.9. The molecule has 1 N–H and O–H groups in total. The molecule has 1 aromatic heterocycles. The zero-order chi connectivity index (χ0) is 11.9. The first-order valence-electron chi connectivity index (χ1n) is 3.98. The molecule has 1 aromatic rings. The number of alkyl halides is 4. The SMILES string of the molecule is CC(C)(Br)c1cc(C(F)(F)F)c(=O)[nH]n1. The van der Waals surface area contributed by atoms with Crippen molar-refractivity contribution in [3.63, 3.8) is 0 Å². The molecule has 0 saturated carbocycles. The highest BCUT2D eigenvalue weighted by molar-refractivity contribution is 9.09. The van der Waals surface area contributed by atoms with E-state index in [0.29, 0.717) is 0 Å². The van der Waals surface area contributed by atoms with Gasteiger partial charge in [0.15, 0.2) is 0 Å². The number of nitrogens with one attached hydrogen (secondary N) is 1. The molecule has 0 aliphatic heterocycles. The molecule has 1 heterocycles. The predicted octanol–water partition coefficient (Wildman–Crippen LogP) is 2.42. The van der Waals surface area contributed by atoms with Crippen LogP contribution in [0.2, 0.25) is 0 Å². The molecule has 0 radical (unpaired) electrons. The minimum Gasteiger partial charge on any atom is -0.267 e. The number of rotatable bonds is 1. The number of H-pyrrole nitrogens is 1. The van der Waals surface area contributed by atoms with Crippen molar-refractivity contribution < 1.29 is 13.2 Å². The minimum absolute atomic E-state index is 0.120. The van der Waals surface area contributed by atoms with Gasteiger partial charge in [0.25, 0.3) is 5.56 Å². The smallest absolute Gasteiger partial charge is 0.267 e. The molecule has 0 atom stereocenters. The molecule has 0 aliphatic carbocycles. The molecule has 3 nitrogen and oxygen atoms in total.